The van der Waals surface area contributed by atoms with Crippen molar-refractivity contribution in [3.05, 3.63) is 23.5 Å². The summed E-state index contributed by atoms with van der Waals surface area (Å²) in [5, 5.41) is 4.00. The maximum Gasteiger partial charge on any atom is 0.240 e. The average molecular weight is 486 g/mol. The molecular weight excluding hydrogens is 450 g/mol. The summed E-state index contributed by atoms with van der Waals surface area (Å²) >= 11 is 5.95. The predicted octanol–water partition coefficient (Wildman–Crippen LogP) is 2.68. The lowest BCUT2D eigenvalue weighted by Gasteiger charge is -2.59. The molecule has 4 aliphatic carbocycles. The molecule has 5 unspecified atom stereocenters. The average Bonchev–Trinajstić information content (AvgIpc) is 3.36. The fourth-order valence-electron chi connectivity index (χ4n) is 8.25. The van der Waals surface area contributed by atoms with Gasteiger partial charge >= 0.3 is 0 Å². The molecule has 7 atom stereocenters. The van der Waals surface area contributed by atoms with E-state index < -0.39 is 5.54 Å². The summed E-state index contributed by atoms with van der Waals surface area (Å²) < 4.78 is 0. The Morgan fingerprint density at radius 3 is 2.26 bits per heavy atom. The molecule has 2 amide bonds. The second-order valence-electron chi connectivity index (χ2n) is 12.3. The minimum atomic E-state index is -0.549. The lowest BCUT2D eigenvalue weighted by molar-refractivity contribution is -0.149. The van der Waals surface area contributed by atoms with Crippen LogP contribution in [0.4, 0.5) is 5.69 Å². The van der Waals surface area contributed by atoms with E-state index in [1.165, 1.54) is 0 Å². The Kier molecular flexibility index (Phi) is 5.20. The third kappa shape index (κ3) is 3.53. The molecule has 2 aliphatic heterocycles. The summed E-state index contributed by atoms with van der Waals surface area (Å²) in [4.78, 5) is 34.9. The summed E-state index contributed by atoms with van der Waals surface area (Å²) in [6.45, 7) is 8.01. The Hall–Kier alpha value is -1.86. The van der Waals surface area contributed by atoms with E-state index in [1.54, 1.807) is 0 Å². The van der Waals surface area contributed by atoms with Gasteiger partial charge in [-0.1, -0.05) is 11.6 Å². The van der Waals surface area contributed by atoms with Crippen LogP contribution in [0, 0.1) is 35.0 Å². The number of hydrogen-bond acceptors (Lipinski definition) is 5. The molecule has 4 bridgehead atoms. The van der Waals surface area contributed by atoms with Crippen molar-refractivity contribution >= 4 is 29.1 Å². The second-order valence-corrected chi connectivity index (χ2v) is 12.7. The number of fused-ring (bicyclic) bond motifs is 1. The lowest BCUT2D eigenvalue weighted by atomic mass is 9.47. The number of aromatic nitrogens is 1. The number of carbonyl (C=O) groups excluding carboxylic acids is 2. The largest absolute Gasteiger partial charge is 0.370 e. The molecule has 3 N–H and O–H groups in total. The molecule has 8 heteroatoms. The van der Waals surface area contributed by atoms with Crippen LogP contribution >= 0.6 is 11.6 Å². The molecule has 2 saturated heterocycles. The highest BCUT2D eigenvalue weighted by Crippen LogP contribution is 2.60. The van der Waals surface area contributed by atoms with Gasteiger partial charge in [0.05, 0.1) is 17.4 Å². The number of carbonyl (C=O) groups is 2. The first-order chi connectivity index (χ1) is 16.1. The molecule has 3 heterocycles. The van der Waals surface area contributed by atoms with Gasteiger partial charge in [0.2, 0.25) is 11.8 Å². The smallest absolute Gasteiger partial charge is 0.240 e. The molecule has 6 aliphatic rings. The number of hydrogen-bond donors (Lipinski definition) is 2. The fraction of sp³-hybridized carbons (Fsp3) is 0.731. The summed E-state index contributed by atoms with van der Waals surface area (Å²) in [6.07, 6.45) is 6.77. The van der Waals surface area contributed by atoms with E-state index in [-0.39, 0.29) is 23.3 Å². The van der Waals surface area contributed by atoms with Crippen molar-refractivity contribution < 1.29 is 9.59 Å². The van der Waals surface area contributed by atoms with Crippen LogP contribution in [0.2, 0.25) is 5.15 Å². The number of amides is 2. The minimum Gasteiger partial charge on any atom is -0.370 e. The Balaban J connectivity index is 1.09. The molecule has 0 aromatic carbocycles. The van der Waals surface area contributed by atoms with Crippen molar-refractivity contribution in [1.29, 1.82) is 0 Å². The summed E-state index contributed by atoms with van der Waals surface area (Å²) in [7, 11) is 0. The number of pyridine rings is 1. The van der Waals surface area contributed by atoms with Crippen LogP contribution in [-0.4, -0.2) is 59.5 Å². The van der Waals surface area contributed by atoms with Crippen molar-refractivity contribution in [3.63, 3.8) is 0 Å². The quantitative estimate of drug-likeness (QED) is 0.625. The standard InChI is InChI=1S/C26H36ClN5O2/c1-25(2,32-13-18-11-31(12-19(18)14-32)20-3-4-21(27)29-10-20)24(34)30-22-16-5-15-6-17(22)9-26(7-15,8-16)23(28)33/h3-4,10,15-19,22H,5-9,11-14H2,1-2H3,(H2,28,33)(H,30,34)/t15?,16-,17+,18?,19?,22?,26?. The molecule has 1 aromatic rings. The monoisotopic (exact) mass is 485 g/mol. The zero-order valence-corrected chi connectivity index (χ0v) is 20.9. The molecule has 6 fully saturated rings. The van der Waals surface area contributed by atoms with Crippen LogP contribution in [-0.2, 0) is 9.59 Å². The van der Waals surface area contributed by atoms with Crippen molar-refractivity contribution in [2.75, 3.05) is 31.1 Å². The Morgan fingerprint density at radius 1 is 1.06 bits per heavy atom. The molecule has 0 spiro atoms. The van der Waals surface area contributed by atoms with E-state index in [2.05, 4.69) is 33.9 Å². The number of anilines is 1. The summed E-state index contributed by atoms with van der Waals surface area (Å²) in [6, 6.07) is 4.07. The first-order valence-electron chi connectivity index (χ1n) is 12.9. The lowest BCUT2D eigenvalue weighted by Crippen LogP contribution is -2.65. The number of rotatable bonds is 5. The van der Waals surface area contributed by atoms with Gasteiger partial charge in [0, 0.05) is 37.6 Å². The van der Waals surface area contributed by atoms with Crippen LogP contribution in [0.5, 0.6) is 0 Å². The van der Waals surface area contributed by atoms with Crippen LogP contribution in [0.15, 0.2) is 18.3 Å². The van der Waals surface area contributed by atoms with Gasteiger partial charge in [-0.05, 0) is 87.7 Å². The van der Waals surface area contributed by atoms with Gasteiger partial charge in [0.15, 0.2) is 0 Å². The summed E-state index contributed by atoms with van der Waals surface area (Å²) in [5.74, 6) is 2.50. The van der Waals surface area contributed by atoms with Crippen molar-refractivity contribution in [3.8, 4) is 0 Å². The van der Waals surface area contributed by atoms with Crippen molar-refractivity contribution in [1.82, 2.24) is 15.2 Å². The van der Waals surface area contributed by atoms with Gasteiger partial charge in [-0.3, -0.25) is 14.5 Å². The maximum absolute atomic E-state index is 13.6. The van der Waals surface area contributed by atoms with Crippen LogP contribution in [0.1, 0.15) is 46.0 Å². The molecule has 7 nitrogen and oxygen atoms in total. The highest BCUT2D eigenvalue weighted by Gasteiger charge is 2.58. The Bertz CT molecular complexity index is 967. The van der Waals surface area contributed by atoms with E-state index in [4.69, 9.17) is 17.3 Å². The third-order valence-electron chi connectivity index (χ3n) is 10.0. The number of nitrogens with zero attached hydrogens (tertiary/aromatic N) is 3. The van der Waals surface area contributed by atoms with E-state index in [9.17, 15) is 9.59 Å². The summed E-state index contributed by atoms with van der Waals surface area (Å²) in [5.41, 5.74) is 6.10. The predicted molar refractivity (Wildman–Crippen MR) is 131 cm³/mol. The van der Waals surface area contributed by atoms with E-state index >= 15 is 0 Å². The zero-order chi connectivity index (χ0) is 23.8. The highest BCUT2D eigenvalue weighted by molar-refractivity contribution is 6.29. The minimum absolute atomic E-state index is 0.121. The maximum atomic E-state index is 13.6. The fourth-order valence-corrected chi connectivity index (χ4v) is 8.36. The van der Waals surface area contributed by atoms with Gasteiger partial charge in [-0.25, -0.2) is 4.98 Å². The zero-order valence-electron chi connectivity index (χ0n) is 20.2. The number of nitrogens with one attached hydrogen (secondary N) is 1. The van der Waals surface area contributed by atoms with Crippen LogP contribution in [0.25, 0.3) is 0 Å². The van der Waals surface area contributed by atoms with Gasteiger partial charge in [-0.2, -0.15) is 0 Å². The number of primary amides is 1. The second kappa shape index (κ2) is 7.82. The molecule has 7 rings (SSSR count). The van der Waals surface area contributed by atoms with Crippen LogP contribution < -0.4 is 16.0 Å². The van der Waals surface area contributed by atoms with Gasteiger partial charge in [0.1, 0.15) is 5.15 Å². The first-order valence-corrected chi connectivity index (χ1v) is 13.2. The highest BCUT2D eigenvalue weighted by atomic mass is 35.5. The van der Waals surface area contributed by atoms with E-state index in [1.807, 2.05) is 18.3 Å². The number of halogens is 1. The number of nitrogens with two attached hydrogens (primary N) is 1. The number of likely N-dealkylation sites (tertiary alicyclic amines) is 1. The Labute approximate surface area is 206 Å². The van der Waals surface area contributed by atoms with Crippen LogP contribution in [0.3, 0.4) is 0 Å². The molecule has 34 heavy (non-hydrogen) atoms. The Morgan fingerprint density at radius 2 is 1.71 bits per heavy atom. The molecular formula is C26H36ClN5O2. The molecule has 184 valence electrons. The topological polar surface area (TPSA) is 91.6 Å². The van der Waals surface area contributed by atoms with Gasteiger partial charge in [-0.15, -0.1) is 0 Å². The van der Waals surface area contributed by atoms with E-state index in [0.29, 0.717) is 34.7 Å². The molecule has 4 saturated carbocycles. The normalized spacial score (nSPS) is 38.9. The van der Waals surface area contributed by atoms with E-state index in [0.717, 1.165) is 64.0 Å². The third-order valence-corrected chi connectivity index (χ3v) is 10.2. The first kappa shape index (κ1) is 22.6. The van der Waals surface area contributed by atoms with Gasteiger partial charge in [0.25, 0.3) is 0 Å². The van der Waals surface area contributed by atoms with Crippen molar-refractivity contribution in [2.45, 2.75) is 57.5 Å². The SMILES string of the molecule is CC(C)(C(=O)NC1[C@@H]2CC3C[C@H]1CC(C(N)=O)(C3)C2)N1CC2CN(c3ccc(Cl)nc3)CC2C1. The molecule has 1 aromatic heterocycles. The molecule has 0 radical (unpaired) electrons. The van der Waals surface area contributed by atoms with Gasteiger partial charge < -0.3 is 16.0 Å². The van der Waals surface area contributed by atoms with Crippen molar-refractivity contribution in [2.24, 2.45) is 40.7 Å².